The number of ketones is 1. The van der Waals surface area contributed by atoms with Crippen molar-refractivity contribution in [2.24, 2.45) is 0 Å². The third-order valence-electron chi connectivity index (χ3n) is 3.70. The van der Waals surface area contributed by atoms with Gasteiger partial charge >= 0.3 is 5.97 Å². The van der Waals surface area contributed by atoms with Gasteiger partial charge in [0.2, 0.25) is 0 Å². The van der Waals surface area contributed by atoms with Gasteiger partial charge in [-0.25, -0.2) is 4.79 Å². The van der Waals surface area contributed by atoms with Crippen LogP contribution in [0.25, 0.3) is 0 Å². The molecule has 2 rings (SSSR count). The zero-order valence-electron chi connectivity index (χ0n) is 12.3. The van der Waals surface area contributed by atoms with E-state index in [0.717, 1.165) is 35.7 Å². The molecule has 1 aromatic carbocycles. The third-order valence-corrected chi connectivity index (χ3v) is 4.54. The first-order valence-corrected chi connectivity index (χ1v) is 7.99. The van der Waals surface area contributed by atoms with Crippen LogP contribution >= 0.6 is 15.9 Å². The number of fused-ring (bicyclic) bond motifs is 1. The Morgan fingerprint density at radius 3 is 2.62 bits per heavy atom. The van der Waals surface area contributed by atoms with Crippen molar-refractivity contribution in [3.8, 4) is 5.75 Å². The summed E-state index contributed by atoms with van der Waals surface area (Å²) < 4.78 is 11.0. The Labute approximate surface area is 132 Å². The van der Waals surface area contributed by atoms with Gasteiger partial charge in [-0.05, 0) is 65.7 Å². The number of esters is 1. The van der Waals surface area contributed by atoms with Gasteiger partial charge in [0.25, 0.3) is 5.78 Å². The highest BCUT2D eigenvalue weighted by atomic mass is 79.9. The fraction of sp³-hybridized carbons (Fsp3) is 0.500. The standard InChI is InChI=1S/C16H19BrO4/c1-3-21-16(19)14(18)12-9-10-7-5-4-6-8-11(10)13(17)15(12)20-2/h9H,3-8H2,1-2H3. The molecule has 0 atom stereocenters. The van der Waals surface area contributed by atoms with E-state index in [1.54, 1.807) is 13.0 Å². The number of carbonyl (C=O) groups is 2. The Hall–Kier alpha value is -1.36. The number of rotatable bonds is 4. The van der Waals surface area contributed by atoms with Crippen LogP contribution in [-0.2, 0) is 22.4 Å². The lowest BCUT2D eigenvalue weighted by atomic mass is 9.97. The molecule has 0 N–H and O–H groups in total. The molecule has 0 amide bonds. The minimum atomic E-state index is -0.837. The van der Waals surface area contributed by atoms with Crippen molar-refractivity contribution in [3.05, 3.63) is 27.2 Å². The molecule has 4 nitrogen and oxygen atoms in total. The normalized spacial score (nSPS) is 14.0. The molecule has 0 saturated heterocycles. The summed E-state index contributed by atoms with van der Waals surface area (Å²) in [5, 5.41) is 0. The smallest absolute Gasteiger partial charge is 0.379 e. The summed E-state index contributed by atoms with van der Waals surface area (Å²) >= 11 is 3.54. The molecular formula is C16H19BrO4. The molecule has 5 heteroatoms. The van der Waals surface area contributed by atoms with E-state index in [1.807, 2.05) is 0 Å². The number of carbonyl (C=O) groups excluding carboxylic acids is 2. The number of benzene rings is 1. The molecule has 0 spiro atoms. The lowest BCUT2D eigenvalue weighted by molar-refractivity contribution is -0.137. The fourth-order valence-corrected chi connectivity index (χ4v) is 3.51. The van der Waals surface area contributed by atoms with Crippen LogP contribution in [0.5, 0.6) is 5.75 Å². The SMILES string of the molecule is CCOC(=O)C(=O)c1cc2c(c(Br)c1OC)CCCCC2. The van der Waals surface area contributed by atoms with Crippen molar-refractivity contribution in [1.29, 1.82) is 0 Å². The summed E-state index contributed by atoms with van der Waals surface area (Å²) in [6.07, 6.45) is 5.27. The minimum Gasteiger partial charge on any atom is -0.495 e. The lowest BCUT2D eigenvalue weighted by Crippen LogP contribution is -2.19. The van der Waals surface area contributed by atoms with Crippen molar-refractivity contribution in [3.63, 3.8) is 0 Å². The molecule has 1 aromatic rings. The second-order valence-corrected chi connectivity index (χ2v) is 5.81. The predicted molar refractivity (Wildman–Crippen MR) is 82.9 cm³/mol. The summed E-state index contributed by atoms with van der Waals surface area (Å²) in [5.41, 5.74) is 2.58. The number of hydrogen-bond donors (Lipinski definition) is 0. The zero-order chi connectivity index (χ0) is 15.4. The zero-order valence-corrected chi connectivity index (χ0v) is 13.9. The second kappa shape index (κ2) is 7.07. The number of Topliss-reactive ketones (excluding diaryl/α,β-unsaturated/α-hetero) is 1. The molecule has 0 aliphatic heterocycles. The summed E-state index contributed by atoms with van der Waals surface area (Å²) in [6, 6.07) is 1.80. The molecular weight excluding hydrogens is 336 g/mol. The summed E-state index contributed by atoms with van der Waals surface area (Å²) in [4.78, 5) is 24.0. The van der Waals surface area contributed by atoms with Gasteiger partial charge in [0, 0.05) is 0 Å². The molecule has 0 saturated carbocycles. The van der Waals surface area contributed by atoms with Crippen molar-refractivity contribution < 1.29 is 19.1 Å². The van der Waals surface area contributed by atoms with E-state index < -0.39 is 11.8 Å². The topological polar surface area (TPSA) is 52.6 Å². The molecule has 1 aliphatic rings. The van der Waals surface area contributed by atoms with Crippen LogP contribution in [0.1, 0.15) is 47.7 Å². The molecule has 1 aliphatic carbocycles. The summed E-state index contributed by atoms with van der Waals surface area (Å²) in [5.74, 6) is -1.06. The maximum absolute atomic E-state index is 12.3. The van der Waals surface area contributed by atoms with E-state index in [9.17, 15) is 9.59 Å². The molecule has 0 radical (unpaired) electrons. The Morgan fingerprint density at radius 2 is 1.95 bits per heavy atom. The van der Waals surface area contributed by atoms with Crippen molar-refractivity contribution in [2.45, 2.75) is 39.0 Å². The van der Waals surface area contributed by atoms with Crippen LogP contribution in [-0.4, -0.2) is 25.5 Å². The number of ether oxygens (including phenoxy) is 2. The molecule has 0 bridgehead atoms. The van der Waals surface area contributed by atoms with Gasteiger partial charge in [0.05, 0.1) is 23.8 Å². The lowest BCUT2D eigenvalue weighted by Gasteiger charge is -2.16. The quantitative estimate of drug-likeness (QED) is 0.359. The highest BCUT2D eigenvalue weighted by Gasteiger charge is 2.26. The van der Waals surface area contributed by atoms with Gasteiger partial charge in [-0.1, -0.05) is 6.42 Å². The number of methoxy groups -OCH3 is 1. The first-order chi connectivity index (χ1) is 10.1. The molecule has 21 heavy (non-hydrogen) atoms. The van der Waals surface area contributed by atoms with Crippen LogP contribution in [0.3, 0.4) is 0 Å². The monoisotopic (exact) mass is 354 g/mol. The first-order valence-electron chi connectivity index (χ1n) is 7.19. The second-order valence-electron chi connectivity index (χ2n) is 5.02. The van der Waals surface area contributed by atoms with Gasteiger partial charge in [-0.15, -0.1) is 0 Å². The van der Waals surface area contributed by atoms with Crippen LogP contribution in [0.2, 0.25) is 0 Å². The fourth-order valence-electron chi connectivity index (χ4n) is 2.69. The molecule has 0 aromatic heterocycles. The molecule has 0 unspecified atom stereocenters. The highest BCUT2D eigenvalue weighted by molar-refractivity contribution is 9.10. The highest BCUT2D eigenvalue weighted by Crippen LogP contribution is 2.38. The molecule has 114 valence electrons. The minimum absolute atomic E-state index is 0.180. The Balaban J connectivity index is 2.50. The van der Waals surface area contributed by atoms with E-state index in [-0.39, 0.29) is 12.2 Å². The van der Waals surface area contributed by atoms with E-state index in [0.29, 0.717) is 5.75 Å². The van der Waals surface area contributed by atoms with Gasteiger partial charge in [0.15, 0.2) is 0 Å². The maximum Gasteiger partial charge on any atom is 0.379 e. The van der Waals surface area contributed by atoms with Crippen molar-refractivity contribution in [2.75, 3.05) is 13.7 Å². The molecule has 0 heterocycles. The van der Waals surface area contributed by atoms with Crippen LogP contribution in [0.4, 0.5) is 0 Å². The third kappa shape index (κ3) is 3.28. The van der Waals surface area contributed by atoms with Crippen LogP contribution in [0, 0.1) is 0 Å². The molecule has 0 fully saturated rings. The van der Waals surface area contributed by atoms with E-state index in [1.165, 1.54) is 19.1 Å². The number of halogens is 1. The van der Waals surface area contributed by atoms with Gasteiger partial charge < -0.3 is 9.47 Å². The van der Waals surface area contributed by atoms with Gasteiger partial charge in [0.1, 0.15) is 5.75 Å². The average molecular weight is 355 g/mol. The van der Waals surface area contributed by atoms with E-state index >= 15 is 0 Å². The average Bonchev–Trinajstić information content (AvgIpc) is 2.72. The van der Waals surface area contributed by atoms with Crippen molar-refractivity contribution in [1.82, 2.24) is 0 Å². The Kier molecular flexibility index (Phi) is 5.39. The van der Waals surface area contributed by atoms with E-state index in [4.69, 9.17) is 9.47 Å². The van der Waals surface area contributed by atoms with Crippen LogP contribution < -0.4 is 4.74 Å². The number of hydrogen-bond acceptors (Lipinski definition) is 4. The van der Waals surface area contributed by atoms with Crippen LogP contribution in [0.15, 0.2) is 10.5 Å². The van der Waals surface area contributed by atoms with Gasteiger partial charge in [-0.2, -0.15) is 0 Å². The summed E-state index contributed by atoms with van der Waals surface area (Å²) in [7, 11) is 1.51. The number of aryl methyl sites for hydroxylation is 1. The Bertz CT molecular complexity index is 566. The Morgan fingerprint density at radius 1 is 1.24 bits per heavy atom. The van der Waals surface area contributed by atoms with Crippen molar-refractivity contribution >= 4 is 27.7 Å². The van der Waals surface area contributed by atoms with E-state index in [2.05, 4.69) is 15.9 Å². The first kappa shape index (κ1) is 16.0. The van der Waals surface area contributed by atoms with Gasteiger partial charge in [-0.3, -0.25) is 4.79 Å². The maximum atomic E-state index is 12.3. The predicted octanol–water partition coefficient (Wildman–Crippen LogP) is 3.47. The summed E-state index contributed by atoms with van der Waals surface area (Å²) in [6.45, 7) is 1.86. The largest absolute Gasteiger partial charge is 0.495 e.